The normalized spacial score (nSPS) is 17.7. The Morgan fingerprint density at radius 1 is 1.03 bits per heavy atom. The molecular weight excluding hydrogens is 459 g/mol. The van der Waals surface area contributed by atoms with E-state index in [1.54, 1.807) is 24.3 Å². The fourth-order valence-corrected chi connectivity index (χ4v) is 4.59. The standard InChI is InChI=1S/C28H29FN4O3/c29-22-8-4-19(5-9-22)18-36-24-3-1-2-23(17-24)32-12-14-33(15-13-32)28(35)21-7-11-26-20(16-21)6-10-25(30)27(34)31-26/h1-5,7-9,11,16-17,25H,6,10,12-15,18,30H2,(H,31,34). The van der Waals surface area contributed by atoms with E-state index in [2.05, 4.69) is 10.2 Å². The minimum absolute atomic E-state index is 0.00583. The first-order valence-electron chi connectivity index (χ1n) is 12.2. The van der Waals surface area contributed by atoms with Crippen LogP contribution < -0.4 is 20.7 Å². The Morgan fingerprint density at radius 3 is 2.58 bits per heavy atom. The van der Waals surface area contributed by atoms with Gasteiger partial charge in [-0.1, -0.05) is 18.2 Å². The molecule has 2 aliphatic heterocycles. The molecule has 1 saturated heterocycles. The van der Waals surface area contributed by atoms with Crippen molar-refractivity contribution in [1.29, 1.82) is 0 Å². The Hall–Kier alpha value is -3.91. The zero-order valence-corrected chi connectivity index (χ0v) is 20.0. The van der Waals surface area contributed by atoms with Crippen molar-refractivity contribution in [2.24, 2.45) is 5.73 Å². The molecule has 0 aromatic heterocycles. The first kappa shape index (κ1) is 23.8. The molecule has 0 radical (unpaired) electrons. The zero-order chi connectivity index (χ0) is 25.1. The fourth-order valence-electron chi connectivity index (χ4n) is 4.59. The monoisotopic (exact) mass is 488 g/mol. The molecule has 2 amide bonds. The van der Waals surface area contributed by atoms with Gasteiger partial charge in [-0.15, -0.1) is 0 Å². The number of rotatable bonds is 5. The van der Waals surface area contributed by atoms with E-state index in [1.807, 2.05) is 35.2 Å². The number of anilines is 2. The number of nitrogens with two attached hydrogens (primary N) is 1. The summed E-state index contributed by atoms with van der Waals surface area (Å²) in [6.45, 7) is 3.00. The number of hydrogen-bond acceptors (Lipinski definition) is 5. The van der Waals surface area contributed by atoms with Crippen LogP contribution in [0.4, 0.5) is 15.8 Å². The Bertz CT molecular complexity index is 1260. The van der Waals surface area contributed by atoms with E-state index in [4.69, 9.17) is 10.5 Å². The molecule has 3 N–H and O–H groups in total. The topological polar surface area (TPSA) is 87.9 Å². The van der Waals surface area contributed by atoms with E-state index in [1.165, 1.54) is 12.1 Å². The van der Waals surface area contributed by atoms with Gasteiger partial charge >= 0.3 is 0 Å². The molecule has 0 saturated carbocycles. The summed E-state index contributed by atoms with van der Waals surface area (Å²) < 4.78 is 19.0. The lowest BCUT2D eigenvalue weighted by molar-refractivity contribution is -0.117. The highest BCUT2D eigenvalue weighted by Crippen LogP contribution is 2.26. The zero-order valence-electron chi connectivity index (χ0n) is 20.0. The van der Waals surface area contributed by atoms with Crippen LogP contribution in [0, 0.1) is 5.82 Å². The Morgan fingerprint density at radius 2 is 1.81 bits per heavy atom. The Kier molecular flexibility index (Phi) is 6.86. The van der Waals surface area contributed by atoms with Gasteiger partial charge in [0.2, 0.25) is 5.91 Å². The number of benzene rings is 3. The molecule has 3 aromatic carbocycles. The molecule has 2 aliphatic rings. The summed E-state index contributed by atoms with van der Waals surface area (Å²) in [4.78, 5) is 29.3. The Balaban J connectivity index is 1.18. The summed E-state index contributed by atoms with van der Waals surface area (Å²) >= 11 is 0. The van der Waals surface area contributed by atoms with Gasteiger partial charge in [0.25, 0.3) is 5.91 Å². The van der Waals surface area contributed by atoms with Gasteiger partial charge in [0.1, 0.15) is 18.2 Å². The van der Waals surface area contributed by atoms with E-state index in [0.717, 1.165) is 28.3 Å². The number of fused-ring (bicyclic) bond motifs is 1. The van der Waals surface area contributed by atoms with E-state index >= 15 is 0 Å². The summed E-state index contributed by atoms with van der Waals surface area (Å²) in [6, 6.07) is 19.1. The maximum atomic E-state index is 13.2. The average molecular weight is 489 g/mol. The second kappa shape index (κ2) is 10.4. The lowest BCUT2D eigenvalue weighted by Crippen LogP contribution is -2.48. The Labute approximate surface area is 209 Å². The molecule has 5 rings (SSSR count). The van der Waals surface area contributed by atoms with Crippen molar-refractivity contribution in [2.45, 2.75) is 25.5 Å². The number of halogens is 1. The van der Waals surface area contributed by atoms with Crippen LogP contribution in [0.25, 0.3) is 0 Å². The minimum atomic E-state index is -0.531. The van der Waals surface area contributed by atoms with Crippen molar-refractivity contribution in [1.82, 2.24) is 4.90 Å². The van der Waals surface area contributed by atoms with Gasteiger partial charge in [-0.2, -0.15) is 0 Å². The van der Waals surface area contributed by atoms with E-state index < -0.39 is 6.04 Å². The largest absolute Gasteiger partial charge is 0.489 e. The first-order valence-corrected chi connectivity index (χ1v) is 12.2. The molecule has 0 spiro atoms. The highest BCUT2D eigenvalue weighted by atomic mass is 19.1. The smallest absolute Gasteiger partial charge is 0.253 e. The fraction of sp³-hybridized carbons (Fsp3) is 0.286. The van der Waals surface area contributed by atoms with Crippen LogP contribution in [0.5, 0.6) is 5.75 Å². The molecule has 1 unspecified atom stereocenters. The van der Waals surface area contributed by atoms with E-state index in [-0.39, 0.29) is 17.6 Å². The quantitative estimate of drug-likeness (QED) is 0.573. The number of nitrogens with zero attached hydrogens (tertiary/aromatic N) is 2. The maximum absolute atomic E-state index is 13.2. The SMILES string of the molecule is NC1CCc2cc(C(=O)N3CCN(c4cccc(OCc5ccc(F)cc5)c4)CC3)ccc2NC1=O. The molecule has 0 aliphatic carbocycles. The van der Waals surface area contributed by atoms with E-state index in [0.29, 0.717) is 51.2 Å². The summed E-state index contributed by atoms with van der Waals surface area (Å²) in [7, 11) is 0. The summed E-state index contributed by atoms with van der Waals surface area (Å²) in [5.41, 5.74) is 10.1. The van der Waals surface area contributed by atoms with Gasteiger partial charge < -0.3 is 25.6 Å². The first-order chi connectivity index (χ1) is 17.5. The second-order valence-electron chi connectivity index (χ2n) is 9.20. The van der Waals surface area contributed by atoms with Crippen LogP contribution in [0.2, 0.25) is 0 Å². The lowest BCUT2D eigenvalue weighted by atomic mass is 10.0. The molecule has 36 heavy (non-hydrogen) atoms. The van der Waals surface area contributed by atoms with Crippen molar-refractivity contribution < 1.29 is 18.7 Å². The molecule has 8 heteroatoms. The maximum Gasteiger partial charge on any atom is 0.253 e. The van der Waals surface area contributed by atoms with Crippen LogP contribution in [0.3, 0.4) is 0 Å². The minimum Gasteiger partial charge on any atom is -0.489 e. The van der Waals surface area contributed by atoms with Crippen molar-refractivity contribution in [3.8, 4) is 5.75 Å². The number of piperazine rings is 1. The van der Waals surface area contributed by atoms with Gasteiger partial charge in [-0.25, -0.2) is 4.39 Å². The van der Waals surface area contributed by atoms with Crippen molar-refractivity contribution in [2.75, 3.05) is 36.4 Å². The van der Waals surface area contributed by atoms with E-state index in [9.17, 15) is 14.0 Å². The third-order valence-corrected chi connectivity index (χ3v) is 6.74. The number of amides is 2. The summed E-state index contributed by atoms with van der Waals surface area (Å²) in [6.07, 6.45) is 1.21. The highest BCUT2D eigenvalue weighted by Gasteiger charge is 2.25. The number of aryl methyl sites for hydroxylation is 1. The van der Waals surface area contributed by atoms with Gasteiger partial charge in [-0.05, 0) is 66.4 Å². The number of ether oxygens (including phenoxy) is 1. The lowest BCUT2D eigenvalue weighted by Gasteiger charge is -2.36. The van der Waals surface area contributed by atoms with Crippen LogP contribution in [0.1, 0.15) is 27.9 Å². The predicted octanol–water partition coefficient (Wildman–Crippen LogP) is 3.58. The average Bonchev–Trinajstić information content (AvgIpc) is 3.05. The van der Waals surface area contributed by atoms with Crippen LogP contribution >= 0.6 is 0 Å². The molecule has 1 atom stereocenters. The molecule has 3 aromatic rings. The van der Waals surface area contributed by atoms with Gasteiger partial charge in [0.05, 0.1) is 6.04 Å². The molecule has 7 nitrogen and oxygen atoms in total. The molecular formula is C28H29FN4O3. The van der Waals surface area contributed by atoms with Gasteiger partial charge in [0.15, 0.2) is 0 Å². The van der Waals surface area contributed by atoms with Crippen molar-refractivity contribution in [3.05, 3.63) is 89.2 Å². The molecule has 2 heterocycles. The summed E-state index contributed by atoms with van der Waals surface area (Å²) in [5, 5.41) is 2.85. The number of nitrogens with one attached hydrogen (secondary N) is 1. The van der Waals surface area contributed by atoms with Gasteiger partial charge in [-0.3, -0.25) is 9.59 Å². The molecule has 1 fully saturated rings. The third kappa shape index (κ3) is 5.33. The number of carbonyl (C=O) groups is 2. The summed E-state index contributed by atoms with van der Waals surface area (Å²) in [5.74, 6) is 0.286. The highest BCUT2D eigenvalue weighted by molar-refractivity contribution is 5.98. The van der Waals surface area contributed by atoms with Crippen molar-refractivity contribution in [3.63, 3.8) is 0 Å². The van der Waals surface area contributed by atoms with Crippen LogP contribution in [0.15, 0.2) is 66.7 Å². The van der Waals surface area contributed by atoms with Crippen LogP contribution in [-0.4, -0.2) is 48.9 Å². The third-order valence-electron chi connectivity index (χ3n) is 6.74. The predicted molar refractivity (Wildman–Crippen MR) is 137 cm³/mol. The second-order valence-corrected chi connectivity index (χ2v) is 9.20. The number of hydrogen-bond donors (Lipinski definition) is 2. The van der Waals surface area contributed by atoms with Crippen molar-refractivity contribution >= 4 is 23.2 Å². The molecule has 186 valence electrons. The van der Waals surface area contributed by atoms with Gasteiger partial charge in [0, 0.05) is 49.2 Å². The van der Waals surface area contributed by atoms with Crippen LogP contribution in [-0.2, 0) is 17.8 Å². The number of carbonyl (C=O) groups excluding carboxylic acids is 2. The molecule has 0 bridgehead atoms.